The monoisotopic (exact) mass is 367 g/mol. The highest BCUT2D eigenvalue weighted by atomic mass is 16.5. The Morgan fingerprint density at radius 1 is 1.22 bits per heavy atom. The first-order chi connectivity index (χ1) is 13.1. The second-order valence-electron chi connectivity index (χ2n) is 6.11. The van der Waals surface area contributed by atoms with E-state index in [2.05, 4.69) is 16.0 Å². The van der Waals surface area contributed by atoms with Crippen LogP contribution in [0.2, 0.25) is 0 Å². The Balaban J connectivity index is 2.06. The molecule has 0 bridgehead atoms. The van der Waals surface area contributed by atoms with Crippen LogP contribution in [-0.2, 0) is 19.7 Å². The van der Waals surface area contributed by atoms with Gasteiger partial charge in [0.15, 0.2) is 11.2 Å². The lowest BCUT2D eigenvalue weighted by atomic mass is 10.2. The van der Waals surface area contributed by atoms with Gasteiger partial charge in [-0.2, -0.15) is 5.26 Å². The number of rotatable bonds is 7. The van der Waals surface area contributed by atoms with E-state index in [0.29, 0.717) is 41.4 Å². The molecule has 0 aliphatic carbocycles. The van der Waals surface area contributed by atoms with Gasteiger partial charge in [0.05, 0.1) is 5.56 Å². The number of benzene rings is 1. The number of H-pyrrole nitrogens is 1. The fourth-order valence-corrected chi connectivity index (χ4v) is 3.02. The van der Waals surface area contributed by atoms with Crippen molar-refractivity contribution in [2.45, 2.75) is 46.4 Å². The molecule has 27 heavy (non-hydrogen) atoms. The lowest BCUT2D eigenvalue weighted by molar-refractivity contribution is 0.290. The molecule has 8 heteroatoms. The molecular weight excluding hydrogens is 346 g/mol. The van der Waals surface area contributed by atoms with Gasteiger partial charge in [0.2, 0.25) is 0 Å². The first kappa shape index (κ1) is 18.5. The normalized spacial score (nSPS) is 10.9. The molecule has 0 amide bonds. The fourth-order valence-electron chi connectivity index (χ4n) is 3.02. The third kappa shape index (κ3) is 3.49. The number of ether oxygens (including phenoxy) is 1. The third-order valence-corrected chi connectivity index (χ3v) is 4.38. The molecule has 2 aromatic heterocycles. The molecule has 0 aliphatic heterocycles. The van der Waals surface area contributed by atoms with Gasteiger partial charge in [-0.15, -0.1) is 0 Å². The molecule has 140 valence electrons. The number of fused-ring (bicyclic) bond motifs is 1. The summed E-state index contributed by atoms with van der Waals surface area (Å²) >= 11 is 0. The standard InChI is InChI=1S/C19H21N5O3/c1-3-5-10-24-17-16(18(25)22-19(24)26)23(4-2)15(21-17)12-27-14-9-7-6-8-13(14)11-20/h6-9H,3-5,10,12H2,1-2H3,(H,22,25,26). The average Bonchev–Trinajstić information content (AvgIpc) is 3.05. The molecule has 8 nitrogen and oxygen atoms in total. The summed E-state index contributed by atoms with van der Waals surface area (Å²) in [7, 11) is 0. The molecule has 1 N–H and O–H groups in total. The van der Waals surface area contributed by atoms with E-state index in [4.69, 9.17) is 4.74 Å². The summed E-state index contributed by atoms with van der Waals surface area (Å²) in [4.78, 5) is 31.5. The van der Waals surface area contributed by atoms with Crippen LogP contribution in [-0.4, -0.2) is 19.1 Å². The number of aromatic nitrogens is 4. The van der Waals surface area contributed by atoms with Crippen LogP contribution in [0.4, 0.5) is 0 Å². The van der Waals surface area contributed by atoms with Crippen LogP contribution < -0.4 is 16.0 Å². The third-order valence-electron chi connectivity index (χ3n) is 4.38. The van der Waals surface area contributed by atoms with Crippen molar-refractivity contribution in [3.8, 4) is 11.8 Å². The van der Waals surface area contributed by atoms with Crippen molar-refractivity contribution < 1.29 is 4.74 Å². The lowest BCUT2D eigenvalue weighted by Gasteiger charge is -2.09. The lowest BCUT2D eigenvalue weighted by Crippen LogP contribution is -2.31. The molecule has 0 unspecified atom stereocenters. The molecule has 3 rings (SSSR count). The van der Waals surface area contributed by atoms with Crippen LogP contribution in [0.3, 0.4) is 0 Å². The van der Waals surface area contributed by atoms with Crippen molar-refractivity contribution in [2.24, 2.45) is 0 Å². The van der Waals surface area contributed by atoms with Gasteiger partial charge in [0.1, 0.15) is 24.3 Å². The Kier molecular flexibility index (Phi) is 5.41. The van der Waals surface area contributed by atoms with E-state index in [1.54, 1.807) is 28.8 Å². The van der Waals surface area contributed by atoms with E-state index >= 15 is 0 Å². The van der Waals surface area contributed by atoms with Gasteiger partial charge in [0, 0.05) is 13.1 Å². The minimum atomic E-state index is -0.458. The molecule has 0 fully saturated rings. The van der Waals surface area contributed by atoms with Crippen molar-refractivity contribution in [1.82, 2.24) is 19.1 Å². The largest absolute Gasteiger partial charge is 0.484 e. The molecule has 0 aliphatic rings. The van der Waals surface area contributed by atoms with Crippen LogP contribution in [0.15, 0.2) is 33.9 Å². The highest BCUT2D eigenvalue weighted by Crippen LogP contribution is 2.19. The van der Waals surface area contributed by atoms with Gasteiger partial charge in [-0.1, -0.05) is 25.5 Å². The molecule has 0 atom stereocenters. The highest BCUT2D eigenvalue weighted by Gasteiger charge is 2.18. The van der Waals surface area contributed by atoms with Crippen LogP contribution in [0, 0.1) is 11.3 Å². The van der Waals surface area contributed by atoms with Crippen LogP contribution in [0.25, 0.3) is 11.2 Å². The van der Waals surface area contributed by atoms with Crippen LogP contribution in [0.5, 0.6) is 5.75 Å². The van der Waals surface area contributed by atoms with Crippen molar-refractivity contribution in [3.05, 3.63) is 56.5 Å². The summed E-state index contributed by atoms with van der Waals surface area (Å²) in [6, 6.07) is 9.01. The van der Waals surface area contributed by atoms with Gasteiger partial charge in [-0.25, -0.2) is 9.78 Å². The predicted octanol–water partition coefficient (Wildman–Crippen LogP) is 2.16. The van der Waals surface area contributed by atoms with Crippen molar-refractivity contribution in [2.75, 3.05) is 0 Å². The van der Waals surface area contributed by atoms with Gasteiger partial charge in [0.25, 0.3) is 5.56 Å². The molecule has 0 saturated heterocycles. The number of unbranched alkanes of at least 4 members (excludes halogenated alkanes) is 1. The summed E-state index contributed by atoms with van der Waals surface area (Å²) in [5.41, 5.74) is 0.241. The molecule has 0 radical (unpaired) electrons. The number of imidazole rings is 1. The number of hydrogen-bond acceptors (Lipinski definition) is 5. The maximum absolute atomic E-state index is 12.4. The molecule has 2 heterocycles. The van der Waals surface area contributed by atoms with Gasteiger partial charge in [-0.05, 0) is 25.5 Å². The second-order valence-corrected chi connectivity index (χ2v) is 6.11. The van der Waals surface area contributed by atoms with E-state index in [1.807, 2.05) is 13.8 Å². The number of aromatic amines is 1. The Morgan fingerprint density at radius 3 is 2.70 bits per heavy atom. The summed E-state index contributed by atoms with van der Waals surface area (Å²) in [6.45, 7) is 5.01. The fraction of sp³-hybridized carbons (Fsp3) is 0.368. The second kappa shape index (κ2) is 7.91. The quantitative estimate of drug-likeness (QED) is 0.689. The maximum atomic E-state index is 12.4. The number of para-hydroxylation sites is 1. The van der Waals surface area contributed by atoms with E-state index in [1.165, 1.54) is 4.57 Å². The first-order valence-electron chi connectivity index (χ1n) is 8.94. The molecule has 0 spiro atoms. The number of nitriles is 1. The van der Waals surface area contributed by atoms with E-state index in [9.17, 15) is 14.9 Å². The van der Waals surface area contributed by atoms with E-state index in [-0.39, 0.29) is 6.61 Å². The number of nitrogens with zero attached hydrogens (tertiary/aromatic N) is 4. The zero-order chi connectivity index (χ0) is 19.4. The number of aryl methyl sites for hydroxylation is 2. The molecule has 0 saturated carbocycles. The SMILES string of the molecule is CCCCn1c(=O)[nH]c(=O)c2c1nc(COc1ccccc1C#N)n2CC. The summed E-state index contributed by atoms with van der Waals surface area (Å²) in [5, 5.41) is 9.18. The highest BCUT2D eigenvalue weighted by molar-refractivity contribution is 5.71. The molecule has 3 aromatic rings. The Bertz CT molecular complexity index is 1120. The number of nitrogens with one attached hydrogen (secondary N) is 1. The van der Waals surface area contributed by atoms with Gasteiger partial charge in [-0.3, -0.25) is 14.3 Å². The minimum absolute atomic E-state index is 0.0859. The van der Waals surface area contributed by atoms with Gasteiger partial charge < -0.3 is 9.30 Å². The predicted molar refractivity (Wildman–Crippen MR) is 101 cm³/mol. The molecular formula is C19H21N5O3. The topological polar surface area (TPSA) is 106 Å². The van der Waals surface area contributed by atoms with Crippen LogP contribution >= 0.6 is 0 Å². The number of hydrogen-bond donors (Lipinski definition) is 1. The van der Waals surface area contributed by atoms with Crippen molar-refractivity contribution in [3.63, 3.8) is 0 Å². The smallest absolute Gasteiger partial charge is 0.330 e. The van der Waals surface area contributed by atoms with Gasteiger partial charge >= 0.3 is 5.69 Å². The average molecular weight is 367 g/mol. The Labute approximate surface area is 155 Å². The first-order valence-corrected chi connectivity index (χ1v) is 8.94. The Morgan fingerprint density at radius 2 is 2.00 bits per heavy atom. The van der Waals surface area contributed by atoms with E-state index < -0.39 is 11.2 Å². The maximum Gasteiger partial charge on any atom is 0.330 e. The Hall–Kier alpha value is -3.34. The van der Waals surface area contributed by atoms with Crippen molar-refractivity contribution >= 4 is 11.2 Å². The zero-order valence-corrected chi connectivity index (χ0v) is 15.4. The molecule has 1 aromatic carbocycles. The van der Waals surface area contributed by atoms with Crippen molar-refractivity contribution in [1.29, 1.82) is 5.26 Å². The van der Waals surface area contributed by atoms with Crippen LogP contribution in [0.1, 0.15) is 38.1 Å². The summed E-state index contributed by atoms with van der Waals surface area (Å²) in [5.74, 6) is 0.980. The summed E-state index contributed by atoms with van der Waals surface area (Å²) < 4.78 is 9.01. The minimum Gasteiger partial charge on any atom is -0.484 e. The van der Waals surface area contributed by atoms with E-state index in [0.717, 1.165) is 12.8 Å². The zero-order valence-electron chi connectivity index (χ0n) is 15.4. The summed E-state index contributed by atoms with van der Waals surface area (Å²) in [6.07, 6.45) is 1.73.